The highest BCUT2D eigenvalue weighted by molar-refractivity contribution is 14.0. The average molecular weight is 451 g/mol. The van der Waals surface area contributed by atoms with Crippen LogP contribution in [0.5, 0.6) is 0 Å². The Morgan fingerprint density at radius 3 is 2.67 bits per heavy atom. The molecule has 4 nitrogen and oxygen atoms in total. The van der Waals surface area contributed by atoms with E-state index in [4.69, 9.17) is 5.11 Å². The molecule has 0 radical (unpaired) electrons. The summed E-state index contributed by atoms with van der Waals surface area (Å²) in [4.78, 5) is 4.22. The molecule has 0 amide bonds. The molecule has 0 heterocycles. The van der Waals surface area contributed by atoms with Gasteiger partial charge in [-0.3, -0.25) is 4.99 Å². The van der Waals surface area contributed by atoms with Gasteiger partial charge in [-0.2, -0.15) is 0 Å². The van der Waals surface area contributed by atoms with Crippen molar-refractivity contribution in [2.75, 3.05) is 7.05 Å². The number of rotatable bonds is 9. The van der Waals surface area contributed by atoms with E-state index >= 15 is 0 Å². The van der Waals surface area contributed by atoms with Crippen molar-refractivity contribution in [2.45, 2.75) is 65.1 Å². The van der Waals surface area contributed by atoms with Crippen LogP contribution in [-0.2, 0) is 13.2 Å². The lowest BCUT2D eigenvalue weighted by Crippen LogP contribution is -2.41. The molecule has 1 aromatic rings. The lowest BCUT2D eigenvalue weighted by Gasteiger charge is -2.18. The quantitative estimate of drug-likeness (QED) is 0.231. The number of aliphatic hydroxyl groups excluding tert-OH is 1. The highest BCUT2D eigenvalue weighted by Gasteiger charge is 2.06. The molecule has 0 bridgehead atoms. The van der Waals surface area contributed by atoms with Crippen LogP contribution in [-0.4, -0.2) is 24.2 Å². The molecule has 0 aliphatic heterocycles. The Morgan fingerprint density at radius 2 is 2.04 bits per heavy atom. The molecule has 0 saturated carbocycles. The lowest BCUT2D eigenvalue weighted by atomic mass is 10.1. The fourth-order valence-electron chi connectivity index (χ4n) is 2.42. The molecule has 0 aliphatic carbocycles. The summed E-state index contributed by atoms with van der Waals surface area (Å²) in [6, 6.07) is 5.13. The van der Waals surface area contributed by atoms with Crippen molar-refractivity contribution >= 4 is 29.9 Å². The standard InChI is InChI=1S/C18H30FN3O.HI/c1-4-5-6-7-8-14(2)22-18(20-3)21-12-15-9-10-17(19)16(11-15)13-23;/h9-11,14,23H,4-8,12-13H2,1-3H3,(H2,20,21,22);1H. The molecular formula is C18H31FIN3O. The van der Waals surface area contributed by atoms with Crippen LogP contribution in [0.15, 0.2) is 23.2 Å². The van der Waals surface area contributed by atoms with Gasteiger partial charge < -0.3 is 15.7 Å². The fourth-order valence-corrected chi connectivity index (χ4v) is 2.42. The Labute approximate surface area is 162 Å². The molecule has 0 aliphatic rings. The van der Waals surface area contributed by atoms with Crippen molar-refractivity contribution < 1.29 is 9.50 Å². The molecule has 138 valence electrons. The van der Waals surface area contributed by atoms with Crippen LogP contribution >= 0.6 is 24.0 Å². The van der Waals surface area contributed by atoms with Gasteiger partial charge in [0.2, 0.25) is 0 Å². The first kappa shape index (κ1) is 23.1. The highest BCUT2D eigenvalue weighted by atomic mass is 127. The largest absolute Gasteiger partial charge is 0.392 e. The topological polar surface area (TPSA) is 56.7 Å². The summed E-state index contributed by atoms with van der Waals surface area (Å²) in [7, 11) is 1.74. The van der Waals surface area contributed by atoms with E-state index in [1.807, 2.05) is 0 Å². The second kappa shape index (κ2) is 13.4. The first-order valence-corrected chi connectivity index (χ1v) is 8.46. The molecule has 3 N–H and O–H groups in total. The van der Waals surface area contributed by atoms with E-state index in [-0.39, 0.29) is 36.4 Å². The van der Waals surface area contributed by atoms with Gasteiger partial charge in [-0.05, 0) is 31.0 Å². The summed E-state index contributed by atoms with van der Waals surface area (Å²) < 4.78 is 13.4. The van der Waals surface area contributed by atoms with Crippen molar-refractivity contribution in [2.24, 2.45) is 4.99 Å². The molecule has 0 aromatic heterocycles. The number of benzene rings is 1. The second-order valence-corrected chi connectivity index (χ2v) is 5.90. The van der Waals surface area contributed by atoms with E-state index in [9.17, 15) is 4.39 Å². The van der Waals surface area contributed by atoms with E-state index in [1.54, 1.807) is 19.2 Å². The van der Waals surface area contributed by atoms with E-state index in [2.05, 4.69) is 29.5 Å². The van der Waals surface area contributed by atoms with Crippen LogP contribution < -0.4 is 10.6 Å². The molecular weight excluding hydrogens is 420 g/mol. The van der Waals surface area contributed by atoms with E-state index < -0.39 is 0 Å². The van der Waals surface area contributed by atoms with Gasteiger partial charge in [0, 0.05) is 25.2 Å². The average Bonchev–Trinajstić information content (AvgIpc) is 2.56. The van der Waals surface area contributed by atoms with Gasteiger partial charge in [0.25, 0.3) is 0 Å². The number of hydrogen-bond donors (Lipinski definition) is 3. The Kier molecular flexibility index (Phi) is 12.9. The zero-order valence-electron chi connectivity index (χ0n) is 14.9. The number of hydrogen-bond acceptors (Lipinski definition) is 2. The Bertz CT molecular complexity index is 497. The number of aliphatic hydroxyl groups is 1. The lowest BCUT2D eigenvalue weighted by molar-refractivity contribution is 0.275. The third-order valence-electron chi connectivity index (χ3n) is 3.84. The molecule has 1 unspecified atom stereocenters. The first-order valence-electron chi connectivity index (χ1n) is 8.46. The predicted octanol–water partition coefficient (Wildman–Crippen LogP) is 3.96. The molecule has 24 heavy (non-hydrogen) atoms. The zero-order chi connectivity index (χ0) is 17.1. The van der Waals surface area contributed by atoms with Crippen LogP contribution in [0.25, 0.3) is 0 Å². The third kappa shape index (κ3) is 8.82. The summed E-state index contributed by atoms with van der Waals surface area (Å²) in [5, 5.41) is 15.7. The Balaban J connectivity index is 0.00000529. The van der Waals surface area contributed by atoms with Gasteiger partial charge in [0.15, 0.2) is 5.96 Å². The second-order valence-electron chi connectivity index (χ2n) is 5.90. The van der Waals surface area contributed by atoms with Crippen LogP contribution in [0.1, 0.15) is 57.1 Å². The predicted molar refractivity (Wildman–Crippen MR) is 109 cm³/mol. The summed E-state index contributed by atoms with van der Waals surface area (Å²) in [5.41, 5.74) is 1.23. The summed E-state index contributed by atoms with van der Waals surface area (Å²) in [6.45, 7) is 4.61. The van der Waals surface area contributed by atoms with Gasteiger partial charge in [-0.1, -0.05) is 38.7 Å². The number of nitrogens with one attached hydrogen (secondary N) is 2. The van der Waals surface area contributed by atoms with E-state index in [0.29, 0.717) is 18.2 Å². The SMILES string of the molecule is CCCCCCC(C)NC(=NC)NCc1ccc(F)c(CO)c1.I. The van der Waals surface area contributed by atoms with E-state index in [0.717, 1.165) is 17.9 Å². The smallest absolute Gasteiger partial charge is 0.191 e. The number of halogens is 2. The molecule has 6 heteroatoms. The maximum Gasteiger partial charge on any atom is 0.191 e. The van der Waals surface area contributed by atoms with Crippen molar-refractivity contribution in [1.82, 2.24) is 10.6 Å². The van der Waals surface area contributed by atoms with Crippen molar-refractivity contribution in [3.05, 3.63) is 35.1 Å². The number of aliphatic imine (C=N–C) groups is 1. The van der Waals surface area contributed by atoms with Gasteiger partial charge in [0.1, 0.15) is 5.82 Å². The molecule has 0 spiro atoms. The fraction of sp³-hybridized carbons (Fsp3) is 0.611. The number of nitrogens with zero attached hydrogens (tertiary/aromatic N) is 1. The van der Waals surface area contributed by atoms with Gasteiger partial charge >= 0.3 is 0 Å². The summed E-state index contributed by atoms with van der Waals surface area (Å²) in [5.74, 6) is 0.363. The highest BCUT2D eigenvalue weighted by Crippen LogP contribution is 2.10. The summed E-state index contributed by atoms with van der Waals surface area (Å²) in [6.07, 6.45) is 6.15. The van der Waals surface area contributed by atoms with Crippen LogP contribution in [0.2, 0.25) is 0 Å². The van der Waals surface area contributed by atoms with Crippen LogP contribution in [0, 0.1) is 5.82 Å². The zero-order valence-corrected chi connectivity index (χ0v) is 17.3. The maximum atomic E-state index is 13.4. The van der Waals surface area contributed by atoms with Gasteiger partial charge in [-0.25, -0.2) is 4.39 Å². The molecule has 1 atom stereocenters. The minimum absolute atomic E-state index is 0. The molecule has 1 rings (SSSR count). The normalized spacial score (nSPS) is 12.5. The third-order valence-corrected chi connectivity index (χ3v) is 3.84. The molecule has 0 saturated heterocycles. The minimum Gasteiger partial charge on any atom is -0.392 e. The first-order chi connectivity index (χ1) is 11.1. The van der Waals surface area contributed by atoms with Crippen molar-refractivity contribution in [3.8, 4) is 0 Å². The van der Waals surface area contributed by atoms with E-state index in [1.165, 1.54) is 31.7 Å². The van der Waals surface area contributed by atoms with Crippen molar-refractivity contribution in [1.29, 1.82) is 0 Å². The van der Waals surface area contributed by atoms with Gasteiger partial charge in [-0.15, -0.1) is 24.0 Å². The molecule has 1 aromatic carbocycles. The van der Waals surface area contributed by atoms with Crippen LogP contribution in [0.4, 0.5) is 4.39 Å². The monoisotopic (exact) mass is 451 g/mol. The number of unbranched alkanes of at least 4 members (excludes halogenated alkanes) is 3. The maximum absolute atomic E-state index is 13.4. The molecule has 0 fully saturated rings. The number of guanidine groups is 1. The van der Waals surface area contributed by atoms with Crippen LogP contribution in [0.3, 0.4) is 0 Å². The Hall–Kier alpha value is -0.890. The Morgan fingerprint density at radius 1 is 1.29 bits per heavy atom. The van der Waals surface area contributed by atoms with Gasteiger partial charge in [0.05, 0.1) is 6.61 Å². The minimum atomic E-state index is -0.376. The van der Waals surface area contributed by atoms with Crippen molar-refractivity contribution in [3.63, 3.8) is 0 Å². The summed E-state index contributed by atoms with van der Waals surface area (Å²) >= 11 is 0.